The Morgan fingerprint density at radius 1 is 1.17 bits per heavy atom. The molecular formula is C16H16FN5S2. The number of hydrogen-bond acceptors (Lipinski definition) is 6. The largest absolute Gasteiger partial charge is 0.367 e. The van der Waals surface area contributed by atoms with Crippen LogP contribution in [0.2, 0.25) is 0 Å². The summed E-state index contributed by atoms with van der Waals surface area (Å²) in [4.78, 5) is 0. The summed E-state index contributed by atoms with van der Waals surface area (Å²) in [5, 5.41) is 16.7. The second-order valence-electron chi connectivity index (χ2n) is 5.44. The number of hydrogen-bond donors (Lipinski definition) is 1. The molecule has 0 radical (unpaired) electrons. The lowest BCUT2D eigenvalue weighted by Gasteiger charge is -2.21. The van der Waals surface area contributed by atoms with Gasteiger partial charge in [-0.1, -0.05) is 12.1 Å². The molecule has 8 heteroatoms. The van der Waals surface area contributed by atoms with Crippen LogP contribution in [0.4, 0.5) is 10.2 Å². The quantitative estimate of drug-likeness (QED) is 0.770. The van der Waals surface area contributed by atoms with E-state index in [1.807, 2.05) is 35.7 Å². The summed E-state index contributed by atoms with van der Waals surface area (Å²) in [6.07, 6.45) is 0. The zero-order valence-corrected chi connectivity index (χ0v) is 14.5. The molecule has 0 saturated carbocycles. The summed E-state index contributed by atoms with van der Waals surface area (Å²) in [5.74, 6) is 4.42. The number of rotatable bonds is 4. The van der Waals surface area contributed by atoms with Gasteiger partial charge in [-0.25, -0.2) is 4.39 Å². The van der Waals surface area contributed by atoms with Crippen LogP contribution >= 0.6 is 23.5 Å². The first kappa shape index (κ1) is 15.7. The molecule has 5 nitrogen and oxygen atoms in total. The average Bonchev–Trinajstić information content (AvgIpc) is 3.04. The molecule has 3 aromatic rings. The highest BCUT2D eigenvalue weighted by atomic mass is 32.2. The van der Waals surface area contributed by atoms with Crippen LogP contribution in [0.15, 0.2) is 36.4 Å². The highest BCUT2D eigenvalue weighted by molar-refractivity contribution is 8.06. The molecule has 0 spiro atoms. The number of fused-ring (bicyclic) bond motifs is 1. The first-order valence-corrected chi connectivity index (χ1v) is 9.92. The SMILES string of the molecule is Fc1ccccc1-c1nnc2ccc(NCC3CSCCS3)nn12. The molecule has 0 amide bonds. The first-order chi connectivity index (χ1) is 11.8. The smallest absolute Gasteiger partial charge is 0.188 e. The van der Waals surface area contributed by atoms with Gasteiger partial charge in [0.05, 0.1) is 5.56 Å². The number of benzene rings is 1. The van der Waals surface area contributed by atoms with E-state index in [4.69, 9.17) is 0 Å². The van der Waals surface area contributed by atoms with Gasteiger partial charge in [-0.3, -0.25) is 0 Å². The van der Waals surface area contributed by atoms with Crippen LogP contribution in [0.3, 0.4) is 0 Å². The van der Waals surface area contributed by atoms with Crippen molar-refractivity contribution >= 4 is 35.0 Å². The molecule has 124 valence electrons. The number of aromatic nitrogens is 4. The van der Waals surface area contributed by atoms with E-state index in [0.29, 0.717) is 22.3 Å². The normalized spacial score (nSPS) is 18.0. The second-order valence-corrected chi connectivity index (χ2v) is 8.00. The van der Waals surface area contributed by atoms with Crippen molar-refractivity contribution in [1.29, 1.82) is 0 Å². The fourth-order valence-corrected chi connectivity index (χ4v) is 5.18. The Labute approximate surface area is 147 Å². The molecule has 4 rings (SSSR count). The number of nitrogens with one attached hydrogen (secondary N) is 1. The minimum atomic E-state index is -0.331. The van der Waals surface area contributed by atoms with E-state index in [1.165, 1.54) is 17.6 Å². The third-order valence-electron chi connectivity index (χ3n) is 3.77. The Bertz CT molecular complexity index is 847. The lowest BCUT2D eigenvalue weighted by atomic mass is 10.2. The van der Waals surface area contributed by atoms with Gasteiger partial charge in [-0.05, 0) is 24.3 Å². The van der Waals surface area contributed by atoms with Crippen molar-refractivity contribution in [1.82, 2.24) is 19.8 Å². The molecule has 2 aromatic heterocycles. The molecule has 0 aliphatic carbocycles. The van der Waals surface area contributed by atoms with Gasteiger partial charge in [0.15, 0.2) is 11.5 Å². The third-order valence-corrected chi connectivity index (χ3v) is 6.62. The van der Waals surface area contributed by atoms with Crippen LogP contribution < -0.4 is 5.32 Å². The van der Waals surface area contributed by atoms with Crippen molar-refractivity contribution < 1.29 is 4.39 Å². The Hall–Kier alpha value is -1.80. The standard InChI is InChI=1S/C16H16FN5S2/c17-13-4-2-1-3-12(13)16-20-19-15-6-5-14(21-22(15)16)18-9-11-10-23-7-8-24-11/h1-6,11H,7-10H2,(H,18,21). The molecular weight excluding hydrogens is 345 g/mol. The van der Waals surface area contributed by atoms with Crippen LogP contribution in [0.1, 0.15) is 0 Å². The second kappa shape index (κ2) is 6.98. The lowest BCUT2D eigenvalue weighted by molar-refractivity contribution is 0.629. The molecule has 0 bridgehead atoms. The van der Waals surface area contributed by atoms with Crippen molar-refractivity contribution in [3.05, 3.63) is 42.2 Å². The summed E-state index contributed by atoms with van der Waals surface area (Å²) in [7, 11) is 0. The molecule has 1 N–H and O–H groups in total. The fourth-order valence-electron chi connectivity index (χ4n) is 2.57. The van der Waals surface area contributed by atoms with E-state index < -0.39 is 0 Å². The molecule has 1 aliphatic heterocycles. The summed E-state index contributed by atoms with van der Waals surface area (Å²) < 4.78 is 15.6. The van der Waals surface area contributed by atoms with Crippen molar-refractivity contribution in [2.75, 3.05) is 29.1 Å². The van der Waals surface area contributed by atoms with Gasteiger partial charge in [-0.2, -0.15) is 28.0 Å². The number of nitrogens with zero attached hydrogens (tertiary/aromatic N) is 4. The van der Waals surface area contributed by atoms with Crippen LogP contribution in [-0.4, -0.2) is 48.9 Å². The maximum Gasteiger partial charge on any atom is 0.188 e. The van der Waals surface area contributed by atoms with Gasteiger partial charge in [0, 0.05) is 29.1 Å². The molecule has 3 heterocycles. The summed E-state index contributed by atoms with van der Waals surface area (Å²) in [6, 6.07) is 10.3. The van der Waals surface area contributed by atoms with E-state index in [0.717, 1.165) is 18.1 Å². The minimum Gasteiger partial charge on any atom is -0.367 e. The monoisotopic (exact) mass is 361 g/mol. The van der Waals surface area contributed by atoms with Gasteiger partial charge < -0.3 is 5.32 Å². The zero-order valence-electron chi connectivity index (χ0n) is 12.9. The predicted molar refractivity (Wildman–Crippen MR) is 98.2 cm³/mol. The zero-order chi connectivity index (χ0) is 16.4. The number of anilines is 1. The lowest BCUT2D eigenvalue weighted by Crippen LogP contribution is -2.23. The van der Waals surface area contributed by atoms with Gasteiger partial charge in [0.25, 0.3) is 0 Å². The fraction of sp³-hybridized carbons (Fsp3) is 0.312. The molecule has 24 heavy (non-hydrogen) atoms. The van der Waals surface area contributed by atoms with E-state index in [-0.39, 0.29) is 5.82 Å². The van der Waals surface area contributed by atoms with E-state index in [9.17, 15) is 4.39 Å². The Balaban J connectivity index is 1.60. The third kappa shape index (κ3) is 3.21. The van der Waals surface area contributed by atoms with Gasteiger partial charge in [-0.15, -0.1) is 15.3 Å². The molecule has 1 saturated heterocycles. The van der Waals surface area contributed by atoms with Crippen LogP contribution in [0, 0.1) is 5.82 Å². The maximum absolute atomic E-state index is 14.0. The summed E-state index contributed by atoms with van der Waals surface area (Å²) >= 11 is 3.99. The first-order valence-electron chi connectivity index (χ1n) is 7.72. The van der Waals surface area contributed by atoms with Crippen LogP contribution in [0.5, 0.6) is 0 Å². The Morgan fingerprint density at radius 3 is 2.92 bits per heavy atom. The highest BCUT2D eigenvalue weighted by Crippen LogP contribution is 2.24. The summed E-state index contributed by atoms with van der Waals surface area (Å²) in [6.45, 7) is 0.868. The van der Waals surface area contributed by atoms with Crippen LogP contribution in [0.25, 0.3) is 17.0 Å². The molecule has 1 aromatic carbocycles. The molecule has 1 aliphatic rings. The van der Waals surface area contributed by atoms with Crippen molar-refractivity contribution in [3.63, 3.8) is 0 Å². The minimum absolute atomic E-state index is 0.331. The predicted octanol–water partition coefficient (Wildman–Crippen LogP) is 3.19. The van der Waals surface area contributed by atoms with Gasteiger partial charge in [0.2, 0.25) is 0 Å². The molecule has 1 atom stereocenters. The Kier molecular flexibility index (Phi) is 4.57. The van der Waals surface area contributed by atoms with Crippen LogP contribution in [-0.2, 0) is 0 Å². The number of halogens is 1. The molecule has 1 unspecified atom stereocenters. The van der Waals surface area contributed by atoms with E-state index in [1.54, 1.807) is 22.7 Å². The van der Waals surface area contributed by atoms with Gasteiger partial charge in [0.1, 0.15) is 11.6 Å². The highest BCUT2D eigenvalue weighted by Gasteiger charge is 2.16. The Morgan fingerprint density at radius 2 is 2.08 bits per heavy atom. The summed E-state index contributed by atoms with van der Waals surface area (Å²) in [5.41, 5.74) is 0.996. The molecule has 1 fully saturated rings. The van der Waals surface area contributed by atoms with E-state index >= 15 is 0 Å². The topological polar surface area (TPSA) is 55.1 Å². The number of thioether (sulfide) groups is 2. The van der Waals surface area contributed by atoms with Crippen molar-refractivity contribution in [3.8, 4) is 11.4 Å². The van der Waals surface area contributed by atoms with Crippen molar-refractivity contribution in [2.24, 2.45) is 0 Å². The van der Waals surface area contributed by atoms with Crippen molar-refractivity contribution in [2.45, 2.75) is 5.25 Å². The van der Waals surface area contributed by atoms with E-state index in [2.05, 4.69) is 20.6 Å². The van der Waals surface area contributed by atoms with Gasteiger partial charge >= 0.3 is 0 Å². The average molecular weight is 361 g/mol. The maximum atomic E-state index is 14.0.